The van der Waals surface area contributed by atoms with E-state index in [9.17, 15) is 8.42 Å². The highest BCUT2D eigenvalue weighted by Gasteiger charge is 2.06. The molecule has 0 spiro atoms. The molecule has 98 valence electrons. The number of rotatable bonds is 4. The first-order valence-electron chi connectivity index (χ1n) is 5.30. The number of hydrogen-bond donors (Lipinski definition) is 1. The molecule has 0 amide bonds. The van der Waals surface area contributed by atoms with Crippen molar-refractivity contribution < 1.29 is 8.42 Å². The third kappa shape index (κ3) is 4.35. The average molecular weight is 296 g/mol. The SMILES string of the molecule is O=S(=O)(/C=C/c1ccccc1)Nc1ccc(Cl)nn1. The normalized spacial score (nSPS) is 11.6. The Labute approximate surface area is 116 Å². The molecule has 1 heterocycles. The van der Waals surface area contributed by atoms with Crippen LogP contribution in [0.4, 0.5) is 5.82 Å². The molecular weight excluding hydrogens is 286 g/mol. The van der Waals surface area contributed by atoms with Crippen LogP contribution in [0.2, 0.25) is 5.15 Å². The molecule has 0 aliphatic heterocycles. The van der Waals surface area contributed by atoms with Gasteiger partial charge in [0.1, 0.15) is 0 Å². The second-order valence-corrected chi connectivity index (χ2v) is 5.56. The zero-order valence-corrected chi connectivity index (χ0v) is 11.3. The first kappa shape index (κ1) is 13.5. The van der Waals surface area contributed by atoms with Crippen LogP contribution in [0.15, 0.2) is 47.9 Å². The van der Waals surface area contributed by atoms with Gasteiger partial charge in [-0.05, 0) is 23.8 Å². The molecule has 0 saturated heterocycles. The number of aromatic nitrogens is 2. The Kier molecular flexibility index (Phi) is 4.13. The van der Waals surface area contributed by atoms with E-state index in [4.69, 9.17) is 11.6 Å². The van der Waals surface area contributed by atoms with Crippen LogP contribution in [0, 0.1) is 0 Å². The number of hydrogen-bond acceptors (Lipinski definition) is 4. The Bertz CT molecular complexity index is 670. The molecule has 1 aromatic carbocycles. The summed E-state index contributed by atoms with van der Waals surface area (Å²) in [5, 5.41) is 8.42. The monoisotopic (exact) mass is 295 g/mol. The fourth-order valence-electron chi connectivity index (χ4n) is 1.28. The largest absolute Gasteiger partial charge is 0.262 e. The van der Waals surface area contributed by atoms with Crippen molar-refractivity contribution in [1.29, 1.82) is 0 Å². The standard InChI is InChI=1S/C12H10ClN3O2S/c13-11-6-7-12(15-14-11)16-19(17,18)9-8-10-4-2-1-3-5-10/h1-9H,(H,15,16)/b9-8+. The van der Waals surface area contributed by atoms with Gasteiger partial charge in [0.25, 0.3) is 10.0 Å². The van der Waals surface area contributed by atoms with Crippen LogP contribution < -0.4 is 4.72 Å². The minimum atomic E-state index is -3.62. The van der Waals surface area contributed by atoms with E-state index in [1.807, 2.05) is 18.2 Å². The van der Waals surface area contributed by atoms with Crippen molar-refractivity contribution in [2.75, 3.05) is 4.72 Å². The summed E-state index contributed by atoms with van der Waals surface area (Å²) in [6, 6.07) is 12.0. The van der Waals surface area contributed by atoms with E-state index in [-0.39, 0.29) is 11.0 Å². The molecule has 7 heteroatoms. The van der Waals surface area contributed by atoms with Crippen LogP contribution in [0.1, 0.15) is 5.56 Å². The van der Waals surface area contributed by atoms with E-state index in [0.29, 0.717) is 0 Å². The minimum absolute atomic E-state index is 0.113. The van der Waals surface area contributed by atoms with Gasteiger partial charge in [0.2, 0.25) is 0 Å². The summed E-state index contributed by atoms with van der Waals surface area (Å²) in [6.45, 7) is 0. The molecule has 0 atom stereocenters. The third-order valence-corrected chi connectivity index (χ3v) is 3.31. The summed E-state index contributed by atoms with van der Waals surface area (Å²) in [4.78, 5) is 0. The Morgan fingerprint density at radius 3 is 2.42 bits per heavy atom. The molecule has 0 aliphatic rings. The maximum Gasteiger partial charge on any atom is 0.256 e. The molecule has 1 aromatic heterocycles. The molecule has 0 radical (unpaired) electrons. The van der Waals surface area contributed by atoms with E-state index >= 15 is 0 Å². The van der Waals surface area contributed by atoms with Crippen molar-refractivity contribution in [1.82, 2.24) is 10.2 Å². The van der Waals surface area contributed by atoms with Crippen molar-refractivity contribution >= 4 is 33.5 Å². The van der Waals surface area contributed by atoms with Gasteiger partial charge in [-0.15, -0.1) is 10.2 Å². The lowest BCUT2D eigenvalue weighted by atomic mass is 10.2. The predicted molar refractivity (Wildman–Crippen MR) is 75.1 cm³/mol. The summed E-state index contributed by atoms with van der Waals surface area (Å²) in [6.07, 6.45) is 1.49. The van der Waals surface area contributed by atoms with E-state index in [2.05, 4.69) is 14.9 Å². The number of benzene rings is 1. The minimum Gasteiger partial charge on any atom is -0.262 e. The number of anilines is 1. The second-order valence-electron chi connectivity index (χ2n) is 3.60. The Balaban J connectivity index is 2.11. The van der Waals surface area contributed by atoms with Crippen molar-refractivity contribution in [3.8, 4) is 0 Å². The predicted octanol–water partition coefficient (Wildman–Crippen LogP) is 2.54. The fraction of sp³-hybridized carbons (Fsp3) is 0. The first-order chi connectivity index (χ1) is 9.05. The second kappa shape index (κ2) is 5.81. The summed E-state index contributed by atoms with van der Waals surface area (Å²) >= 11 is 5.56. The maximum atomic E-state index is 11.8. The summed E-state index contributed by atoms with van der Waals surface area (Å²) < 4.78 is 25.8. The fourth-order valence-corrected chi connectivity index (χ4v) is 2.19. The van der Waals surface area contributed by atoms with E-state index < -0.39 is 10.0 Å². The Morgan fingerprint density at radius 1 is 1.05 bits per heavy atom. The Hall–Kier alpha value is -1.92. The quantitative estimate of drug-likeness (QED) is 0.941. The van der Waals surface area contributed by atoms with Gasteiger partial charge in [0.15, 0.2) is 11.0 Å². The van der Waals surface area contributed by atoms with Gasteiger partial charge in [-0.25, -0.2) is 8.42 Å². The molecule has 0 aliphatic carbocycles. The van der Waals surface area contributed by atoms with E-state index in [1.54, 1.807) is 12.1 Å². The van der Waals surface area contributed by atoms with Gasteiger partial charge in [-0.3, -0.25) is 4.72 Å². The molecule has 0 saturated carbocycles. The molecule has 0 unspecified atom stereocenters. The van der Waals surface area contributed by atoms with Crippen molar-refractivity contribution in [3.63, 3.8) is 0 Å². The van der Waals surface area contributed by atoms with Gasteiger partial charge in [0.05, 0.1) is 5.41 Å². The number of nitrogens with one attached hydrogen (secondary N) is 1. The molecule has 1 N–H and O–H groups in total. The highest BCUT2D eigenvalue weighted by atomic mass is 35.5. The third-order valence-electron chi connectivity index (χ3n) is 2.12. The van der Waals surface area contributed by atoms with Gasteiger partial charge >= 0.3 is 0 Å². The van der Waals surface area contributed by atoms with Gasteiger partial charge in [-0.2, -0.15) is 0 Å². The highest BCUT2D eigenvalue weighted by molar-refractivity contribution is 7.95. The topological polar surface area (TPSA) is 72.0 Å². The van der Waals surface area contributed by atoms with Crippen LogP contribution in [0.3, 0.4) is 0 Å². The maximum absolute atomic E-state index is 11.8. The summed E-state index contributed by atoms with van der Waals surface area (Å²) in [5.74, 6) is 0.113. The number of sulfonamides is 1. The number of nitrogens with zero attached hydrogens (tertiary/aromatic N) is 2. The lowest BCUT2D eigenvalue weighted by Crippen LogP contribution is -2.10. The molecule has 5 nitrogen and oxygen atoms in total. The van der Waals surface area contributed by atoms with E-state index in [0.717, 1.165) is 11.0 Å². The zero-order chi connectivity index (χ0) is 13.7. The summed E-state index contributed by atoms with van der Waals surface area (Å²) in [5.41, 5.74) is 0.787. The molecule has 0 fully saturated rings. The zero-order valence-electron chi connectivity index (χ0n) is 9.69. The van der Waals surface area contributed by atoms with Crippen LogP contribution in [-0.2, 0) is 10.0 Å². The van der Waals surface area contributed by atoms with Gasteiger partial charge < -0.3 is 0 Å². The Morgan fingerprint density at radius 2 is 1.79 bits per heavy atom. The highest BCUT2D eigenvalue weighted by Crippen LogP contribution is 2.09. The van der Waals surface area contributed by atoms with Crippen LogP contribution in [-0.4, -0.2) is 18.6 Å². The first-order valence-corrected chi connectivity index (χ1v) is 7.23. The van der Waals surface area contributed by atoms with Crippen molar-refractivity contribution in [2.24, 2.45) is 0 Å². The summed E-state index contributed by atoms with van der Waals surface area (Å²) in [7, 11) is -3.62. The molecule has 19 heavy (non-hydrogen) atoms. The van der Waals surface area contributed by atoms with Crippen LogP contribution >= 0.6 is 11.6 Å². The number of halogens is 1. The molecular formula is C12H10ClN3O2S. The van der Waals surface area contributed by atoms with Crippen LogP contribution in [0.25, 0.3) is 6.08 Å². The smallest absolute Gasteiger partial charge is 0.256 e. The lowest BCUT2D eigenvalue weighted by Gasteiger charge is -2.02. The van der Waals surface area contributed by atoms with Gasteiger partial charge in [-0.1, -0.05) is 41.9 Å². The van der Waals surface area contributed by atoms with Gasteiger partial charge in [0, 0.05) is 0 Å². The average Bonchev–Trinajstić information content (AvgIpc) is 2.40. The van der Waals surface area contributed by atoms with Crippen LogP contribution in [0.5, 0.6) is 0 Å². The molecule has 2 rings (SSSR count). The van der Waals surface area contributed by atoms with E-state index in [1.165, 1.54) is 18.2 Å². The lowest BCUT2D eigenvalue weighted by molar-refractivity contribution is 0.609. The van der Waals surface area contributed by atoms with Crippen molar-refractivity contribution in [2.45, 2.75) is 0 Å². The van der Waals surface area contributed by atoms with Crippen molar-refractivity contribution in [3.05, 3.63) is 58.6 Å². The molecule has 0 bridgehead atoms. The molecule has 2 aromatic rings.